The number of unbranched alkanes of at least 4 members (excludes halogenated alkanes) is 2. The molecule has 12 heteroatoms. The molecule has 12 nitrogen and oxygen atoms in total. The third-order valence-corrected chi connectivity index (χ3v) is 8.42. The average molecular weight is 599 g/mol. The van der Waals surface area contributed by atoms with E-state index in [9.17, 15) is 14.7 Å². The lowest BCUT2D eigenvalue weighted by Gasteiger charge is -2.39. The zero-order chi connectivity index (χ0) is 30.3. The van der Waals surface area contributed by atoms with Crippen LogP contribution >= 0.6 is 0 Å². The first-order valence-corrected chi connectivity index (χ1v) is 14.9. The van der Waals surface area contributed by atoms with E-state index in [0.717, 1.165) is 63.0 Å². The second kappa shape index (κ2) is 14.2. The van der Waals surface area contributed by atoms with Crippen LogP contribution in [0.15, 0.2) is 24.3 Å². The minimum Gasteiger partial charge on any atom is -0.502 e. The summed E-state index contributed by atoms with van der Waals surface area (Å²) in [7, 11) is 2.91. The SMILES string of the molecule is COc1cc(C2c3cc4c(cc3C(NC(=O)CNCCCCNCCCCN)C3COC(=O)C23)OCO4)cc(OC)c1O. The summed E-state index contributed by atoms with van der Waals surface area (Å²) < 4.78 is 27.8. The molecule has 5 rings (SSSR count). The predicted octanol–water partition coefficient (Wildman–Crippen LogP) is 1.93. The fraction of sp³-hybridized carbons (Fsp3) is 0.548. The Bertz CT molecular complexity index is 1280. The van der Waals surface area contributed by atoms with E-state index in [1.165, 1.54) is 14.2 Å². The standard InChI is InChI=1S/C31H42N4O8/c1-39-24-11-18(12-25(40-2)30(24)37)27-19-13-22-23(43-17-42-22)14-20(19)29(21-16-41-31(38)28(21)27)35-26(36)15-34-10-6-5-9-33-8-4-3-7-32/h11-14,21,27-29,33-34,37H,3-10,15-17,32H2,1-2H3,(H,35,36). The van der Waals surface area contributed by atoms with Crippen LogP contribution in [0.1, 0.15) is 54.3 Å². The number of nitrogens with two attached hydrogens (primary N) is 1. The van der Waals surface area contributed by atoms with Crippen molar-refractivity contribution in [2.45, 2.75) is 37.6 Å². The molecule has 2 aromatic rings. The maximum atomic E-state index is 13.3. The fourth-order valence-corrected chi connectivity index (χ4v) is 6.29. The van der Waals surface area contributed by atoms with E-state index in [0.29, 0.717) is 17.1 Å². The minimum absolute atomic E-state index is 0.0861. The third-order valence-electron chi connectivity index (χ3n) is 8.42. The molecule has 4 atom stereocenters. The molecule has 0 aromatic heterocycles. The van der Waals surface area contributed by atoms with Gasteiger partial charge >= 0.3 is 5.97 Å². The van der Waals surface area contributed by atoms with Crippen molar-refractivity contribution in [2.24, 2.45) is 17.6 Å². The van der Waals surface area contributed by atoms with Crippen molar-refractivity contribution in [1.29, 1.82) is 0 Å². The highest BCUT2D eigenvalue weighted by atomic mass is 16.7. The number of ether oxygens (including phenoxy) is 5. The van der Waals surface area contributed by atoms with Gasteiger partial charge in [0.1, 0.15) is 0 Å². The van der Waals surface area contributed by atoms with Crippen LogP contribution in [-0.4, -0.2) is 77.3 Å². The monoisotopic (exact) mass is 598 g/mol. The predicted molar refractivity (Wildman–Crippen MR) is 158 cm³/mol. The van der Waals surface area contributed by atoms with Gasteiger partial charge < -0.3 is 50.5 Å². The smallest absolute Gasteiger partial charge is 0.310 e. The van der Waals surface area contributed by atoms with Crippen LogP contribution in [0.25, 0.3) is 0 Å². The van der Waals surface area contributed by atoms with Crippen LogP contribution in [-0.2, 0) is 14.3 Å². The molecule has 2 aliphatic heterocycles. The molecule has 3 aliphatic rings. The van der Waals surface area contributed by atoms with Gasteiger partial charge in [-0.2, -0.15) is 0 Å². The van der Waals surface area contributed by atoms with Crippen LogP contribution in [0.3, 0.4) is 0 Å². The van der Waals surface area contributed by atoms with Crippen LogP contribution in [0.4, 0.5) is 0 Å². The van der Waals surface area contributed by atoms with Gasteiger partial charge in [-0.15, -0.1) is 0 Å². The normalized spacial score (nSPS) is 21.6. The second-order valence-electron chi connectivity index (χ2n) is 11.1. The van der Waals surface area contributed by atoms with E-state index >= 15 is 0 Å². The number of hydrogen-bond acceptors (Lipinski definition) is 11. The molecule has 4 unspecified atom stereocenters. The van der Waals surface area contributed by atoms with Crippen molar-refractivity contribution >= 4 is 11.9 Å². The molecule has 0 saturated carbocycles. The number of methoxy groups -OCH3 is 2. The highest BCUT2D eigenvalue weighted by Gasteiger charge is 2.53. The first kappa shape index (κ1) is 30.7. The molecule has 1 aliphatic carbocycles. The molecule has 1 fully saturated rings. The first-order valence-electron chi connectivity index (χ1n) is 14.9. The van der Waals surface area contributed by atoms with Crippen LogP contribution in [0, 0.1) is 11.8 Å². The molecule has 1 saturated heterocycles. The number of nitrogens with one attached hydrogen (secondary N) is 3. The summed E-state index contributed by atoms with van der Waals surface area (Å²) in [5.74, 6) is -0.445. The highest BCUT2D eigenvalue weighted by molar-refractivity contribution is 5.81. The molecular weight excluding hydrogens is 556 g/mol. The Morgan fingerprint density at radius 2 is 1.56 bits per heavy atom. The van der Waals surface area contributed by atoms with E-state index in [-0.39, 0.29) is 55.0 Å². The quantitative estimate of drug-likeness (QED) is 0.150. The van der Waals surface area contributed by atoms with Crippen molar-refractivity contribution in [3.05, 3.63) is 41.0 Å². The zero-order valence-electron chi connectivity index (χ0n) is 24.8. The summed E-state index contributed by atoms with van der Waals surface area (Å²) in [5.41, 5.74) is 7.86. The number of fused-ring (bicyclic) bond motifs is 3. The van der Waals surface area contributed by atoms with Crippen molar-refractivity contribution in [1.82, 2.24) is 16.0 Å². The largest absolute Gasteiger partial charge is 0.502 e. The van der Waals surface area contributed by atoms with E-state index in [1.54, 1.807) is 12.1 Å². The van der Waals surface area contributed by atoms with Gasteiger partial charge in [-0.25, -0.2) is 0 Å². The van der Waals surface area contributed by atoms with Gasteiger partial charge in [0.15, 0.2) is 23.0 Å². The summed E-state index contributed by atoms with van der Waals surface area (Å²) in [6.07, 6.45) is 4.07. The number of benzene rings is 2. The lowest BCUT2D eigenvalue weighted by atomic mass is 9.65. The molecule has 0 radical (unpaired) electrons. The number of rotatable bonds is 15. The van der Waals surface area contributed by atoms with Crippen LogP contribution in [0.5, 0.6) is 28.7 Å². The Kier molecular flexibility index (Phi) is 10.1. The molecule has 2 aromatic carbocycles. The van der Waals surface area contributed by atoms with E-state index in [1.807, 2.05) is 12.1 Å². The van der Waals surface area contributed by atoms with E-state index in [4.69, 9.17) is 29.4 Å². The Balaban J connectivity index is 1.34. The summed E-state index contributed by atoms with van der Waals surface area (Å²) in [6, 6.07) is 6.69. The maximum absolute atomic E-state index is 13.3. The molecule has 2 heterocycles. The second-order valence-corrected chi connectivity index (χ2v) is 11.1. The van der Waals surface area contributed by atoms with Gasteiger partial charge in [-0.1, -0.05) is 0 Å². The number of phenols is 1. The molecule has 0 bridgehead atoms. The average Bonchev–Trinajstić information content (AvgIpc) is 3.63. The number of aromatic hydroxyl groups is 1. The lowest BCUT2D eigenvalue weighted by molar-refractivity contribution is -0.141. The van der Waals surface area contributed by atoms with Gasteiger partial charge in [0.05, 0.1) is 39.3 Å². The lowest BCUT2D eigenvalue weighted by Crippen LogP contribution is -2.45. The van der Waals surface area contributed by atoms with Gasteiger partial charge in [-0.3, -0.25) is 9.59 Å². The van der Waals surface area contributed by atoms with Crippen molar-refractivity contribution < 1.29 is 38.4 Å². The van der Waals surface area contributed by atoms with Gasteiger partial charge in [-0.05, 0) is 92.8 Å². The maximum Gasteiger partial charge on any atom is 0.310 e. The Morgan fingerprint density at radius 3 is 2.21 bits per heavy atom. The number of esters is 1. The molecule has 0 spiro atoms. The zero-order valence-corrected chi connectivity index (χ0v) is 24.8. The number of amides is 1. The highest BCUT2D eigenvalue weighted by Crippen LogP contribution is 2.55. The number of cyclic esters (lactones) is 1. The minimum atomic E-state index is -0.595. The van der Waals surface area contributed by atoms with Gasteiger partial charge in [0, 0.05) is 11.8 Å². The van der Waals surface area contributed by atoms with Crippen molar-refractivity contribution in [2.75, 3.05) is 60.3 Å². The van der Waals surface area contributed by atoms with Crippen LogP contribution < -0.4 is 40.6 Å². The molecule has 43 heavy (non-hydrogen) atoms. The molecule has 6 N–H and O–H groups in total. The number of carbonyl (C=O) groups excluding carboxylic acids is 2. The van der Waals surface area contributed by atoms with E-state index < -0.39 is 17.9 Å². The number of carbonyl (C=O) groups is 2. The van der Waals surface area contributed by atoms with Gasteiger partial charge in [0.25, 0.3) is 0 Å². The first-order chi connectivity index (χ1) is 21.0. The van der Waals surface area contributed by atoms with Crippen molar-refractivity contribution in [3.63, 3.8) is 0 Å². The fourth-order valence-electron chi connectivity index (χ4n) is 6.29. The molecular formula is C31H42N4O8. The third kappa shape index (κ3) is 6.61. The Labute approximate surface area is 251 Å². The number of phenolic OH excluding ortho intramolecular Hbond substituents is 1. The van der Waals surface area contributed by atoms with Gasteiger partial charge in [0.2, 0.25) is 18.4 Å². The summed E-state index contributed by atoms with van der Waals surface area (Å²) in [5, 5.41) is 20.4. The van der Waals surface area contributed by atoms with E-state index in [2.05, 4.69) is 16.0 Å². The Hall–Kier alpha value is -3.74. The van der Waals surface area contributed by atoms with Crippen LogP contribution in [0.2, 0.25) is 0 Å². The topological polar surface area (TPSA) is 163 Å². The molecule has 234 valence electrons. The summed E-state index contributed by atoms with van der Waals surface area (Å²) in [4.78, 5) is 26.5. The number of hydrogen-bond donors (Lipinski definition) is 5. The van der Waals surface area contributed by atoms with Crippen molar-refractivity contribution in [3.8, 4) is 28.7 Å². The Morgan fingerprint density at radius 1 is 0.930 bits per heavy atom. The summed E-state index contributed by atoms with van der Waals surface area (Å²) >= 11 is 0. The molecule has 1 amide bonds. The summed E-state index contributed by atoms with van der Waals surface area (Å²) in [6.45, 7) is 3.75.